The van der Waals surface area contributed by atoms with Crippen LogP contribution >= 0.6 is 15.9 Å². The van der Waals surface area contributed by atoms with Gasteiger partial charge in [-0.25, -0.2) is 4.68 Å². The maximum Gasteiger partial charge on any atom is 0.255 e. The highest BCUT2D eigenvalue weighted by Gasteiger charge is 2.34. The summed E-state index contributed by atoms with van der Waals surface area (Å²) in [7, 11) is 1.60. The molecule has 5 rings (SSSR count). The predicted molar refractivity (Wildman–Crippen MR) is 155 cm³/mol. The summed E-state index contributed by atoms with van der Waals surface area (Å²) in [6.07, 6.45) is 1.47. The zero-order valence-electron chi connectivity index (χ0n) is 22.5. The number of carbonyl (C=O) groups excluding carboxylic acids is 1. The third kappa shape index (κ3) is 5.27. The van der Waals surface area contributed by atoms with Crippen molar-refractivity contribution in [1.29, 1.82) is 0 Å². The Balaban J connectivity index is 1.52. The molecule has 1 aliphatic rings. The number of hydrogen-bond acceptors (Lipinski definition) is 6. The molecule has 3 aromatic carbocycles. The lowest BCUT2D eigenvalue weighted by atomic mass is 9.94. The van der Waals surface area contributed by atoms with E-state index < -0.39 is 6.04 Å². The Morgan fingerprint density at radius 1 is 1.10 bits per heavy atom. The van der Waals surface area contributed by atoms with Crippen LogP contribution in [0.3, 0.4) is 0 Å². The molecule has 2 N–H and O–H groups in total. The molecule has 200 valence electrons. The van der Waals surface area contributed by atoms with Crippen LogP contribution in [0.15, 0.2) is 76.7 Å². The van der Waals surface area contributed by atoms with Crippen LogP contribution < -0.4 is 20.1 Å². The third-order valence-electron chi connectivity index (χ3n) is 6.96. The maximum atomic E-state index is 13.8. The molecule has 1 amide bonds. The van der Waals surface area contributed by atoms with Crippen molar-refractivity contribution in [2.24, 2.45) is 0 Å². The van der Waals surface area contributed by atoms with Gasteiger partial charge in [-0.15, -0.1) is 0 Å². The number of hydrogen-bond donors (Lipinski definition) is 2. The zero-order valence-corrected chi connectivity index (χ0v) is 24.1. The quantitative estimate of drug-likeness (QED) is 0.257. The molecule has 0 aliphatic carbocycles. The summed E-state index contributed by atoms with van der Waals surface area (Å²) in [6, 6.07) is 17.3. The van der Waals surface area contributed by atoms with Crippen LogP contribution in [0.25, 0.3) is 0 Å². The molecule has 0 fully saturated rings. The largest absolute Gasteiger partial charge is 0.493 e. The van der Waals surface area contributed by atoms with Crippen molar-refractivity contribution in [3.05, 3.63) is 104 Å². The van der Waals surface area contributed by atoms with E-state index in [0.29, 0.717) is 39.8 Å². The van der Waals surface area contributed by atoms with Crippen LogP contribution in [0.1, 0.15) is 40.8 Å². The van der Waals surface area contributed by atoms with E-state index in [1.54, 1.807) is 11.8 Å². The van der Waals surface area contributed by atoms with Gasteiger partial charge in [0.05, 0.1) is 17.2 Å². The molecule has 9 heteroatoms. The number of anilines is 2. The van der Waals surface area contributed by atoms with Gasteiger partial charge in [-0.05, 0) is 84.1 Å². The minimum atomic E-state index is -0.551. The molecule has 1 aromatic heterocycles. The third-order valence-corrected chi connectivity index (χ3v) is 7.55. The fraction of sp³-hybridized carbons (Fsp3) is 0.233. The Morgan fingerprint density at radius 3 is 2.62 bits per heavy atom. The number of rotatable bonds is 7. The minimum absolute atomic E-state index is 0.227. The molecule has 4 aromatic rings. The highest BCUT2D eigenvalue weighted by molar-refractivity contribution is 9.10. The lowest BCUT2D eigenvalue weighted by Crippen LogP contribution is -2.31. The van der Waals surface area contributed by atoms with Crippen molar-refractivity contribution < 1.29 is 14.3 Å². The molecule has 0 spiro atoms. The average Bonchev–Trinajstić information content (AvgIpc) is 3.38. The van der Waals surface area contributed by atoms with Crippen LogP contribution in [-0.2, 0) is 11.4 Å². The van der Waals surface area contributed by atoms with Gasteiger partial charge >= 0.3 is 0 Å². The van der Waals surface area contributed by atoms with Gasteiger partial charge in [0.2, 0.25) is 5.95 Å². The van der Waals surface area contributed by atoms with E-state index in [9.17, 15) is 4.79 Å². The summed E-state index contributed by atoms with van der Waals surface area (Å²) < 4.78 is 14.3. The number of carbonyl (C=O) groups is 1. The highest BCUT2D eigenvalue weighted by atomic mass is 79.9. The second-order valence-corrected chi connectivity index (χ2v) is 10.5. The molecular weight excluding hydrogens is 558 g/mol. The Morgan fingerprint density at radius 2 is 1.87 bits per heavy atom. The SMILES string of the molecule is COc1cc(C2C(C(=O)Nc3cccc(C)c3C)=C(C)Nc3ncnn32)cc(Br)c1OCc1ccc(C)cc1. The van der Waals surface area contributed by atoms with Crippen molar-refractivity contribution in [1.82, 2.24) is 14.8 Å². The zero-order chi connectivity index (χ0) is 27.7. The van der Waals surface area contributed by atoms with Gasteiger partial charge in [-0.2, -0.15) is 10.1 Å². The van der Waals surface area contributed by atoms with E-state index >= 15 is 0 Å². The normalized spacial score (nSPS) is 14.5. The first-order valence-corrected chi connectivity index (χ1v) is 13.4. The van der Waals surface area contributed by atoms with Gasteiger partial charge in [-0.1, -0.05) is 42.0 Å². The smallest absolute Gasteiger partial charge is 0.255 e. The number of halogens is 1. The van der Waals surface area contributed by atoms with Crippen LogP contribution in [0, 0.1) is 20.8 Å². The molecule has 0 saturated heterocycles. The number of nitrogens with zero attached hydrogens (tertiary/aromatic N) is 3. The number of amides is 1. The van der Waals surface area contributed by atoms with E-state index in [1.165, 1.54) is 11.9 Å². The van der Waals surface area contributed by atoms with E-state index in [-0.39, 0.29) is 5.91 Å². The second-order valence-electron chi connectivity index (χ2n) is 9.60. The standard InChI is InChI=1S/C30H30BrN5O3/c1-17-9-11-21(12-10-17)15-39-28-23(31)13-22(14-25(28)38-5)27-26(20(4)34-30-32-16-33-36(27)30)29(37)35-24-8-6-7-18(2)19(24)3/h6-14,16,27H,15H2,1-5H3,(H,35,37)(H,32,33,34). The van der Waals surface area contributed by atoms with Crippen LogP contribution in [0.4, 0.5) is 11.6 Å². The number of benzene rings is 3. The summed E-state index contributed by atoms with van der Waals surface area (Å²) in [5, 5.41) is 10.8. The first kappa shape index (κ1) is 26.5. The van der Waals surface area contributed by atoms with Crippen molar-refractivity contribution in [2.45, 2.75) is 40.3 Å². The van der Waals surface area contributed by atoms with Crippen molar-refractivity contribution in [3.8, 4) is 11.5 Å². The van der Waals surface area contributed by atoms with Gasteiger partial charge in [0.15, 0.2) is 11.5 Å². The molecule has 0 saturated carbocycles. The second kappa shape index (κ2) is 10.9. The number of nitrogens with one attached hydrogen (secondary N) is 2. The monoisotopic (exact) mass is 587 g/mol. The predicted octanol–water partition coefficient (Wildman–Crippen LogP) is 6.48. The topological polar surface area (TPSA) is 90.3 Å². The Kier molecular flexibility index (Phi) is 7.43. The number of allylic oxidation sites excluding steroid dienone is 1. The number of aryl methyl sites for hydroxylation is 2. The first-order valence-electron chi connectivity index (χ1n) is 12.6. The van der Waals surface area contributed by atoms with E-state index in [4.69, 9.17) is 9.47 Å². The van der Waals surface area contributed by atoms with Crippen molar-refractivity contribution in [2.75, 3.05) is 17.7 Å². The molecule has 1 aliphatic heterocycles. The van der Waals surface area contributed by atoms with E-state index in [0.717, 1.165) is 27.9 Å². The van der Waals surface area contributed by atoms with E-state index in [2.05, 4.69) is 55.7 Å². The summed E-state index contributed by atoms with van der Waals surface area (Å²) in [5.74, 6) is 1.44. The summed E-state index contributed by atoms with van der Waals surface area (Å²) >= 11 is 3.68. The van der Waals surface area contributed by atoms with Crippen molar-refractivity contribution >= 4 is 33.5 Å². The fourth-order valence-electron chi connectivity index (χ4n) is 4.65. The fourth-order valence-corrected chi connectivity index (χ4v) is 5.22. The first-order chi connectivity index (χ1) is 18.8. The number of methoxy groups -OCH3 is 1. The molecule has 8 nitrogen and oxygen atoms in total. The Hall–Kier alpha value is -4.11. The molecule has 0 bridgehead atoms. The highest BCUT2D eigenvalue weighted by Crippen LogP contribution is 2.43. The van der Waals surface area contributed by atoms with Gasteiger partial charge in [0.25, 0.3) is 5.91 Å². The summed E-state index contributed by atoms with van der Waals surface area (Å²) in [4.78, 5) is 18.2. The number of aromatic nitrogens is 3. The lowest BCUT2D eigenvalue weighted by Gasteiger charge is -2.29. The number of ether oxygens (including phenoxy) is 2. The van der Waals surface area contributed by atoms with Gasteiger partial charge < -0.3 is 20.1 Å². The van der Waals surface area contributed by atoms with Crippen molar-refractivity contribution in [3.63, 3.8) is 0 Å². The minimum Gasteiger partial charge on any atom is -0.493 e. The molecule has 0 radical (unpaired) electrons. The maximum absolute atomic E-state index is 13.8. The Bertz CT molecular complexity index is 1580. The van der Waals surface area contributed by atoms with Crippen LogP contribution in [-0.4, -0.2) is 27.8 Å². The summed E-state index contributed by atoms with van der Waals surface area (Å²) in [6.45, 7) is 8.33. The molecule has 39 heavy (non-hydrogen) atoms. The molecule has 2 heterocycles. The van der Waals surface area contributed by atoms with E-state index in [1.807, 2.05) is 63.2 Å². The van der Waals surface area contributed by atoms with Crippen LogP contribution in [0.2, 0.25) is 0 Å². The molecule has 1 atom stereocenters. The summed E-state index contributed by atoms with van der Waals surface area (Å²) in [5.41, 5.74) is 7.14. The van der Waals surface area contributed by atoms with Gasteiger partial charge in [0, 0.05) is 11.4 Å². The van der Waals surface area contributed by atoms with Crippen LogP contribution in [0.5, 0.6) is 11.5 Å². The molecule has 1 unspecified atom stereocenters. The average molecular weight is 589 g/mol. The van der Waals surface area contributed by atoms with Gasteiger partial charge in [0.1, 0.15) is 19.0 Å². The number of fused-ring (bicyclic) bond motifs is 1. The molecular formula is C30H30BrN5O3. The lowest BCUT2D eigenvalue weighted by molar-refractivity contribution is -0.113. The Labute approximate surface area is 236 Å². The van der Waals surface area contributed by atoms with Gasteiger partial charge in [-0.3, -0.25) is 4.79 Å².